The van der Waals surface area contributed by atoms with Crippen LogP contribution in [0.2, 0.25) is 0 Å². The van der Waals surface area contributed by atoms with Crippen molar-refractivity contribution in [2.24, 2.45) is 5.92 Å². The summed E-state index contributed by atoms with van der Waals surface area (Å²) in [4.78, 5) is 0. The molecule has 1 aromatic carbocycles. The standard InChI is InChI=1S/C15H24O/c1-4-13(2)9-8-10-14(3)16-15-11-6-5-7-12-15/h5-7,11-14H,4,8-10H2,1-3H3. The van der Waals surface area contributed by atoms with Gasteiger partial charge in [0.05, 0.1) is 6.10 Å². The van der Waals surface area contributed by atoms with Crippen LogP contribution in [0, 0.1) is 5.92 Å². The minimum absolute atomic E-state index is 0.325. The molecule has 0 aromatic heterocycles. The van der Waals surface area contributed by atoms with Crippen LogP contribution in [0.1, 0.15) is 46.5 Å². The Kier molecular flexibility index (Phi) is 5.99. The van der Waals surface area contributed by atoms with Crippen LogP contribution in [0.15, 0.2) is 30.3 Å². The van der Waals surface area contributed by atoms with Crippen LogP contribution in [0.3, 0.4) is 0 Å². The largest absolute Gasteiger partial charge is 0.491 e. The zero-order valence-corrected chi connectivity index (χ0v) is 10.8. The van der Waals surface area contributed by atoms with Crippen LogP contribution in [0.4, 0.5) is 0 Å². The molecule has 1 heteroatoms. The van der Waals surface area contributed by atoms with Crippen LogP contribution in [0.5, 0.6) is 5.75 Å². The van der Waals surface area contributed by atoms with Crippen molar-refractivity contribution in [3.63, 3.8) is 0 Å². The number of rotatable bonds is 7. The first-order valence-electron chi connectivity index (χ1n) is 6.44. The maximum atomic E-state index is 5.83. The predicted octanol–water partition coefficient (Wildman–Crippen LogP) is 4.67. The summed E-state index contributed by atoms with van der Waals surface area (Å²) in [6.07, 6.45) is 5.35. The predicted molar refractivity (Wildman–Crippen MR) is 69.8 cm³/mol. The molecule has 2 atom stereocenters. The molecule has 0 fully saturated rings. The second-order valence-electron chi connectivity index (χ2n) is 4.69. The van der Waals surface area contributed by atoms with Crippen LogP contribution in [-0.2, 0) is 0 Å². The third kappa shape index (κ3) is 5.20. The molecule has 0 spiro atoms. The van der Waals surface area contributed by atoms with Gasteiger partial charge in [-0.1, -0.05) is 44.9 Å². The van der Waals surface area contributed by atoms with Crippen molar-refractivity contribution < 1.29 is 4.74 Å². The fourth-order valence-corrected chi connectivity index (χ4v) is 1.75. The molecule has 1 aromatic rings. The molecule has 0 aliphatic heterocycles. The van der Waals surface area contributed by atoms with E-state index in [1.165, 1.54) is 19.3 Å². The quantitative estimate of drug-likeness (QED) is 0.649. The van der Waals surface area contributed by atoms with Crippen molar-refractivity contribution in [1.82, 2.24) is 0 Å². The summed E-state index contributed by atoms with van der Waals surface area (Å²) < 4.78 is 5.83. The molecule has 2 unspecified atom stereocenters. The van der Waals surface area contributed by atoms with Gasteiger partial charge in [-0.15, -0.1) is 0 Å². The minimum Gasteiger partial charge on any atom is -0.491 e. The number of para-hydroxylation sites is 1. The van der Waals surface area contributed by atoms with Crippen LogP contribution < -0.4 is 4.74 Å². The third-order valence-electron chi connectivity index (χ3n) is 3.08. The SMILES string of the molecule is CCC(C)CCCC(C)Oc1ccccc1. The molecule has 16 heavy (non-hydrogen) atoms. The highest BCUT2D eigenvalue weighted by Gasteiger charge is 2.05. The Morgan fingerprint density at radius 3 is 2.38 bits per heavy atom. The second kappa shape index (κ2) is 7.32. The van der Waals surface area contributed by atoms with E-state index < -0.39 is 0 Å². The van der Waals surface area contributed by atoms with Gasteiger partial charge in [0.2, 0.25) is 0 Å². The first kappa shape index (κ1) is 13.1. The minimum atomic E-state index is 0.325. The smallest absolute Gasteiger partial charge is 0.119 e. The molecule has 1 rings (SSSR count). The molecule has 90 valence electrons. The van der Waals surface area contributed by atoms with Gasteiger partial charge < -0.3 is 4.74 Å². The molecule has 0 aliphatic carbocycles. The van der Waals surface area contributed by atoms with Gasteiger partial charge in [-0.25, -0.2) is 0 Å². The van der Waals surface area contributed by atoms with Gasteiger partial charge in [-0.3, -0.25) is 0 Å². The normalized spacial score (nSPS) is 14.4. The Hall–Kier alpha value is -0.980. The van der Waals surface area contributed by atoms with E-state index in [9.17, 15) is 0 Å². The van der Waals surface area contributed by atoms with Crippen molar-refractivity contribution in [2.45, 2.75) is 52.6 Å². The van der Waals surface area contributed by atoms with Crippen molar-refractivity contribution in [2.75, 3.05) is 0 Å². The van der Waals surface area contributed by atoms with Gasteiger partial charge in [-0.2, -0.15) is 0 Å². The molecule has 0 heterocycles. The zero-order chi connectivity index (χ0) is 11.8. The van der Waals surface area contributed by atoms with Crippen molar-refractivity contribution in [3.05, 3.63) is 30.3 Å². The molecule has 0 aliphatic rings. The van der Waals surface area contributed by atoms with E-state index in [0.717, 1.165) is 18.1 Å². The Bertz CT molecular complexity index is 268. The van der Waals surface area contributed by atoms with Gasteiger partial charge in [-0.05, 0) is 37.8 Å². The average molecular weight is 220 g/mol. The first-order chi connectivity index (χ1) is 7.72. The maximum Gasteiger partial charge on any atom is 0.119 e. The molecular weight excluding hydrogens is 196 g/mol. The van der Waals surface area contributed by atoms with Crippen molar-refractivity contribution >= 4 is 0 Å². The highest BCUT2D eigenvalue weighted by atomic mass is 16.5. The highest BCUT2D eigenvalue weighted by molar-refractivity contribution is 5.21. The number of ether oxygens (including phenoxy) is 1. The average Bonchev–Trinajstić information content (AvgIpc) is 2.30. The van der Waals surface area contributed by atoms with Crippen LogP contribution in [-0.4, -0.2) is 6.10 Å². The van der Waals surface area contributed by atoms with Crippen LogP contribution >= 0.6 is 0 Å². The zero-order valence-electron chi connectivity index (χ0n) is 10.8. The van der Waals surface area contributed by atoms with Crippen molar-refractivity contribution in [1.29, 1.82) is 0 Å². The van der Waals surface area contributed by atoms with Crippen molar-refractivity contribution in [3.8, 4) is 5.75 Å². The Labute approximate surface area is 99.8 Å². The molecule has 0 saturated carbocycles. The van der Waals surface area contributed by atoms with E-state index in [2.05, 4.69) is 20.8 Å². The molecule has 0 N–H and O–H groups in total. The lowest BCUT2D eigenvalue weighted by Crippen LogP contribution is -2.11. The molecule has 1 nitrogen and oxygen atoms in total. The molecule has 0 amide bonds. The summed E-state index contributed by atoms with van der Waals surface area (Å²) in [5.41, 5.74) is 0. The van der Waals surface area contributed by atoms with E-state index in [1.807, 2.05) is 30.3 Å². The summed E-state index contributed by atoms with van der Waals surface area (Å²) in [6, 6.07) is 10.1. The highest BCUT2D eigenvalue weighted by Crippen LogP contribution is 2.16. The third-order valence-corrected chi connectivity index (χ3v) is 3.08. The molecule has 0 bridgehead atoms. The van der Waals surface area contributed by atoms with Gasteiger partial charge in [0.1, 0.15) is 5.75 Å². The molecular formula is C15H24O. The van der Waals surface area contributed by atoms with Gasteiger partial charge >= 0.3 is 0 Å². The lowest BCUT2D eigenvalue weighted by molar-refractivity contribution is 0.204. The number of hydrogen-bond acceptors (Lipinski definition) is 1. The van der Waals surface area contributed by atoms with E-state index in [-0.39, 0.29) is 0 Å². The topological polar surface area (TPSA) is 9.23 Å². The number of hydrogen-bond donors (Lipinski definition) is 0. The van der Waals surface area contributed by atoms with Gasteiger partial charge in [0.25, 0.3) is 0 Å². The first-order valence-corrected chi connectivity index (χ1v) is 6.44. The summed E-state index contributed by atoms with van der Waals surface area (Å²) in [5.74, 6) is 1.84. The monoisotopic (exact) mass is 220 g/mol. The fraction of sp³-hybridized carbons (Fsp3) is 0.600. The molecule has 0 radical (unpaired) electrons. The van der Waals surface area contributed by atoms with Gasteiger partial charge in [0, 0.05) is 0 Å². The second-order valence-corrected chi connectivity index (χ2v) is 4.69. The Morgan fingerprint density at radius 1 is 1.06 bits per heavy atom. The summed E-state index contributed by atoms with van der Waals surface area (Å²) >= 11 is 0. The van der Waals surface area contributed by atoms with E-state index >= 15 is 0 Å². The lowest BCUT2D eigenvalue weighted by atomic mass is 10.0. The van der Waals surface area contributed by atoms with Gasteiger partial charge in [0.15, 0.2) is 0 Å². The fourth-order valence-electron chi connectivity index (χ4n) is 1.75. The van der Waals surface area contributed by atoms with E-state index in [1.54, 1.807) is 0 Å². The summed E-state index contributed by atoms with van der Waals surface area (Å²) in [7, 11) is 0. The Balaban J connectivity index is 2.19. The maximum absolute atomic E-state index is 5.83. The van der Waals surface area contributed by atoms with E-state index in [0.29, 0.717) is 6.10 Å². The summed E-state index contributed by atoms with van der Waals surface area (Å²) in [5, 5.41) is 0. The summed E-state index contributed by atoms with van der Waals surface area (Å²) in [6.45, 7) is 6.74. The Morgan fingerprint density at radius 2 is 1.75 bits per heavy atom. The lowest BCUT2D eigenvalue weighted by Gasteiger charge is -2.15. The number of benzene rings is 1. The van der Waals surface area contributed by atoms with Crippen LogP contribution in [0.25, 0.3) is 0 Å². The molecule has 0 saturated heterocycles. The van der Waals surface area contributed by atoms with E-state index in [4.69, 9.17) is 4.74 Å².